The van der Waals surface area contributed by atoms with Gasteiger partial charge >= 0.3 is 0 Å². The molecule has 2 aliphatic carbocycles. The molecule has 0 aromatic rings. The highest BCUT2D eigenvalue weighted by Gasteiger charge is 2.59. The SMILES string of the molecule is CC(CO)N1CC2CC3CC2C1C3O. The summed E-state index contributed by atoms with van der Waals surface area (Å²) in [5.74, 6) is 2.09. The summed E-state index contributed by atoms with van der Waals surface area (Å²) >= 11 is 0. The Morgan fingerprint density at radius 2 is 2.14 bits per heavy atom. The van der Waals surface area contributed by atoms with Crippen LogP contribution in [-0.4, -0.2) is 46.5 Å². The van der Waals surface area contributed by atoms with E-state index in [1.165, 1.54) is 12.8 Å². The van der Waals surface area contributed by atoms with Gasteiger partial charge in [-0.2, -0.15) is 0 Å². The molecule has 6 atom stereocenters. The topological polar surface area (TPSA) is 43.7 Å². The Morgan fingerprint density at radius 1 is 1.36 bits per heavy atom. The zero-order chi connectivity index (χ0) is 9.87. The number of rotatable bonds is 2. The highest BCUT2D eigenvalue weighted by atomic mass is 16.3. The summed E-state index contributed by atoms with van der Waals surface area (Å²) in [7, 11) is 0. The summed E-state index contributed by atoms with van der Waals surface area (Å²) in [5.41, 5.74) is 0. The van der Waals surface area contributed by atoms with Crippen LogP contribution in [0.25, 0.3) is 0 Å². The van der Waals surface area contributed by atoms with Crippen molar-refractivity contribution < 1.29 is 10.2 Å². The molecule has 1 heterocycles. The average Bonchev–Trinajstić information content (AvgIpc) is 2.75. The zero-order valence-electron chi connectivity index (χ0n) is 8.63. The van der Waals surface area contributed by atoms with E-state index in [1.807, 2.05) is 0 Å². The summed E-state index contributed by atoms with van der Waals surface area (Å²) in [5, 5.41) is 19.3. The van der Waals surface area contributed by atoms with Crippen LogP contribution in [0.2, 0.25) is 0 Å². The summed E-state index contributed by atoms with van der Waals surface area (Å²) in [6.45, 7) is 3.38. The average molecular weight is 197 g/mol. The van der Waals surface area contributed by atoms with Crippen molar-refractivity contribution in [1.29, 1.82) is 0 Å². The van der Waals surface area contributed by atoms with Gasteiger partial charge in [0.1, 0.15) is 0 Å². The van der Waals surface area contributed by atoms with Crippen LogP contribution in [0.3, 0.4) is 0 Å². The van der Waals surface area contributed by atoms with Gasteiger partial charge in [0.15, 0.2) is 0 Å². The van der Waals surface area contributed by atoms with Crippen molar-refractivity contribution in [3.05, 3.63) is 0 Å². The van der Waals surface area contributed by atoms with Crippen LogP contribution in [0, 0.1) is 17.8 Å². The summed E-state index contributed by atoms with van der Waals surface area (Å²) in [6, 6.07) is 0.583. The maximum Gasteiger partial charge on any atom is 0.0726 e. The molecule has 0 radical (unpaired) electrons. The molecule has 3 aliphatic rings. The van der Waals surface area contributed by atoms with Gasteiger partial charge in [0.25, 0.3) is 0 Å². The lowest BCUT2D eigenvalue weighted by Gasteiger charge is -2.32. The zero-order valence-corrected chi connectivity index (χ0v) is 8.63. The van der Waals surface area contributed by atoms with Crippen molar-refractivity contribution in [2.45, 2.75) is 38.0 Å². The molecule has 2 N–H and O–H groups in total. The third-order valence-corrected chi connectivity index (χ3v) is 4.72. The minimum Gasteiger partial charge on any atom is -0.395 e. The van der Waals surface area contributed by atoms with Gasteiger partial charge in [-0.3, -0.25) is 4.90 Å². The molecule has 0 aromatic heterocycles. The first-order chi connectivity index (χ1) is 6.72. The highest BCUT2D eigenvalue weighted by Crippen LogP contribution is 2.55. The van der Waals surface area contributed by atoms with Crippen LogP contribution in [0.5, 0.6) is 0 Å². The van der Waals surface area contributed by atoms with Crippen molar-refractivity contribution in [2.75, 3.05) is 13.2 Å². The second-order valence-corrected chi connectivity index (χ2v) is 5.36. The van der Waals surface area contributed by atoms with E-state index >= 15 is 0 Å². The van der Waals surface area contributed by atoms with Gasteiger partial charge in [-0.25, -0.2) is 0 Å². The Labute approximate surface area is 84.7 Å². The Hall–Kier alpha value is -0.120. The van der Waals surface area contributed by atoms with Crippen molar-refractivity contribution in [3.63, 3.8) is 0 Å². The molecule has 6 unspecified atom stereocenters. The monoisotopic (exact) mass is 197 g/mol. The van der Waals surface area contributed by atoms with E-state index in [-0.39, 0.29) is 18.8 Å². The van der Waals surface area contributed by atoms with Crippen LogP contribution in [-0.2, 0) is 0 Å². The predicted octanol–water partition coefficient (Wildman–Crippen LogP) is 0.0683. The quantitative estimate of drug-likeness (QED) is 0.658. The minimum atomic E-state index is -0.118. The summed E-state index contributed by atoms with van der Waals surface area (Å²) in [6.07, 6.45) is 2.33. The molecule has 80 valence electrons. The third-order valence-electron chi connectivity index (χ3n) is 4.72. The summed E-state index contributed by atoms with van der Waals surface area (Å²) in [4.78, 5) is 2.34. The molecule has 14 heavy (non-hydrogen) atoms. The standard InChI is InChI=1S/C11H19NO2/c1-6(5-13)12-4-8-2-7-3-9(8)10(12)11(7)14/h6-11,13-14H,2-5H2,1H3. The molecule has 0 aromatic carbocycles. The van der Waals surface area contributed by atoms with E-state index in [4.69, 9.17) is 0 Å². The van der Waals surface area contributed by atoms with Crippen molar-refractivity contribution in [3.8, 4) is 0 Å². The van der Waals surface area contributed by atoms with Gasteiger partial charge in [-0.15, -0.1) is 0 Å². The van der Waals surface area contributed by atoms with Gasteiger partial charge in [0.05, 0.1) is 12.7 Å². The molecule has 1 saturated heterocycles. The number of aliphatic hydroxyl groups excluding tert-OH is 2. The fourth-order valence-electron chi connectivity index (χ4n) is 4.05. The van der Waals surface area contributed by atoms with Crippen molar-refractivity contribution in [1.82, 2.24) is 4.90 Å². The molecule has 3 fully saturated rings. The number of likely N-dealkylation sites (tertiary alicyclic amines) is 1. The lowest BCUT2D eigenvalue weighted by Crippen LogP contribution is -2.46. The Kier molecular flexibility index (Phi) is 1.92. The molecule has 2 bridgehead atoms. The number of hydrogen-bond donors (Lipinski definition) is 2. The normalized spacial score (nSPS) is 52.9. The maximum atomic E-state index is 10.1. The lowest BCUT2D eigenvalue weighted by molar-refractivity contribution is 0.0260. The first-order valence-corrected chi connectivity index (χ1v) is 5.77. The van der Waals surface area contributed by atoms with Crippen LogP contribution < -0.4 is 0 Å². The molecule has 0 spiro atoms. The fraction of sp³-hybridized carbons (Fsp3) is 1.00. The largest absolute Gasteiger partial charge is 0.395 e. The van der Waals surface area contributed by atoms with Gasteiger partial charge in [-0.1, -0.05) is 0 Å². The van der Waals surface area contributed by atoms with Crippen LogP contribution in [0.1, 0.15) is 19.8 Å². The van der Waals surface area contributed by atoms with Crippen LogP contribution in [0.4, 0.5) is 0 Å². The van der Waals surface area contributed by atoms with E-state index in [2.05, 4.69) is 11.8 Å². The van der Waals surface area contributed by atoms with Gasteiger partial charge in [0.2, 0.25) is 0 Å². The molecular weight excluding hydrogens is 178 g/mol. The molecule has 3 heteroatoms. The maximum absolute atomic E-state index is 10.1. The molecule has 3 rings (SSSR count). The van der Waals surface area contributed by atoms with Gasteiger partial charge < -0.3 is 10.2 Å². The Bertz CT molecular complexity index is 243. The third kappa shape index (κ3) is 0.980. The number of nitrogens with zero attached hydrogens (tertiary/aromatic N) is 1. The van der Waals surface area contributed by atoms with Gasteiger partial charge in [-0.05, 0) is 37.5 Å². The second-order valence-electron chi connectivity index (χ2n) is 5.36. The smallest absolute Gasteiger partial charge is 0.0726 e. The van der Waals surface area contributed by atoms with Crippen LogP contribution in [0.15, 0.2) is 0 Å². The minimum absolute atomic E-state index is 0.118. The molecule has 3 nitrogen and oxygen atoms in total. The Balaban J connectivity index is 1.85. The Morgan fingerprint density at radius 3 is 2.79 bits per heavy atom. The van der Waals surface area contributed by atoms with Crippen LogP contribution >= 0.6 is 0 Å². The van der Waals surface area contributed by atoms with E-state index in [0.717, 1.165) is 18.4 Å². The van der Waals surface area contributed by atoms with Crippen molar-refractivity contribution in [2.24, 2.45) is 17.8 Å². The molecular formula is C11H19NO2. The van der Waals surface area contributed by atoms with Crippen molar-refractivity contribution >= 4 is 0 Å². The fourth-order valence-corrected chi connectivity index (χ4v) is 4.05. The number of fused-ring (bicyclic) bond motifs is 1. The van der Waals surface area contributed by atoms with E-state index < -0.39 is 0 Å². The lowest BCUT2D eigenvalue weighted by atomic mass is 9.88. The van der Waals surface area contributed by atoms with E-state index in [1.54, 1.807) is 0 Å². The predicted molar refractivity (Wildman–Crippen MR) is 52.8 cm³/mol. The molecule has 2 saturated carbocycles. The first kappa shape index (κ1) is 9.13. The molecule has 0 amide bonds. The van der Waals surface area contributed by atoms with E-state index in [9.17, 15) is 10.2 Å². The molecule has 1 aliphatic heterocycles. The number of aliphatic hydroxyl groups is 2. The number of hydrogen-bond acceptors (Lipinski definition) is 3. The first-order valence-electron chi connectivity index (χ1n) is 5.77. The second kappa shape index (κ2) is 2.94. The summed E-state index contributed by atoms with van der Waals surface area (Å²) < 4.78 is 0. The van der Waals surface area contributed by atoms with E-state index in [0.29, 0.717) is 12.0 Å². The van der Waals surface area contributed by atoms with Gasteiger partial charge in [0, 0.05) is 18.6 Å². The highest BCUT2D eigenvalue weighted by molar-refractivity contribution is 5.11.